The van der Waals surface area contributed by atoms with Crippen LogP contribution in [0.3, 0.4) is 0 Å². The molecule has 0 aliphatic heterocycles. The van der Waals surface area contributed by atoms with Crippen LogP contribution in [0.4, 0.5) is 0 Å². The van der Waals surface area contributed by atoms with Crippen LogP contribution in [0.15, 0.2) is 152 Å². The molecular weight excluding hydrogens is 683 g/mol. The molecule has 10 aromatic rings. The molecule has 0 radical (unpaired) electrons. The van der Waals surface area contributed by atoms with Gasteiger partial charge < -0.3 is 4.57 Å². The number of fused-ring (bicyclic) bond motifs is 6. The summed E-state index contributed by atoms with van der Waals surface area (Å²) in [5, 5.41) is 9.96. The maximum Gasteiger partial charge on any atom is 0.137 e. The molecule has 0 saturated carbocycles. The predicted molar refractivity (Wildman–Crippen MR) is 234 cm³/mol. The lowest BCUT2D eigenvalue weighted by molar-refractivity contribution is 0.588. The summed E-state index contributed by atoms with van der Waals surface area (Å²) in [5.74, 6) is 0.924. The van der Waals surface area contributed by atoms with E-state index in [-0.39, 0.29) is 5.41 Å². The van der Waals surface area contributed by atoms with Crippen molar-refractivity contribution in [2.75, 3.05) is 0 Å². The Kier molecular flexibility index (Phi) is 7.65. The third kappa shape index (κ3) is 5.30. The summed E-state index contributed by atoms with van der Waals surface area (Å²) in [6, 6.07) is 50.6. The number of nitrogens with zero attached hydrogens (tertiary/aromatic N) is 5. The van der Waals surface area contributed by atoms with E-state index in [1.54, 1.807) is 0 Å². The van der Waals surface area contributed by atoms with Gasteiger partial charge in [0.25, 0.3) is 0 Å². The molecule has 0 unspecified atom stereocenters. The number of aromatic nitrogens is 5. The van der Waals surface area contributed by atoms with Crippen molar-refractivity contribution in [2.45, 2.75) is 47.0 Å². The van der Waals surface area contributed by atoms with Gasteiger partial charge >= 0.3 is 0 Å². The van der Waals surface area contributed by atoms with E-state index < -0.39 is 0 Å². The Morgan fingerprint density at radius 3 is 1.77 bits per heavy atom. The Hall–Kier alpha value is -6.72. The average Bonchev–Trinajstić information content (AvgIpc) is 3.87. The zero-order valence-electron chi connectivity index (χ0n) is 32.7. The first-order chi connectivity index (χ1) is 27.2. The van der Waals surface area contributed by atoms with Crippen LogP contribution in [0.5, 0.6) is 0 Å². The summed E-state index contributed by atoms with van der Waals surface area (Å²) >= 11 is 0. The van der Waals surface area contributed by atoms with Crippen molar-refractivity contribution >= 4 is 43.6 Å². The Balaban J connectivity index is 1.23. The SMILES string of the molecule is Cc1cc(C)c(-c2c(-c3ccccc3)cnn2-c2ccc3c4ccccc4n(-c4ccc5c6ccccc6n(-c6cc(C(C)(C)C)ccn6)c5c4)c3c2)c(C)c1. The molecule has 6 aromatic carbocycles. The van der Waals surface area contributed by atoms with Gasteiger partial charge in [0.15, 0.2) is 0 Å². The van der Waals surface area contributed by atoms with Gasteiger partial charge in [-0.25, -0.2) is 9.67 Å². The molecule has 56 heavy (non-hydrogen) atoms. The van der Waals surface area contributed by atoms with Crippen molar-refractivity contribution in [1.82, 2.24) is 23.9 Å². The van der Waals surface area contributed by atoms with Gasteiger partial charge in [-0.2, -0.15) is 5.10 Å². The summed E-state index contributed by atoms with van der Waals surface area (Å²) < 4.78 is 6.89. The largest absolute Gasteiger partial charge is 0.309 e. The minimum atomic E-state index is -0.00453. The van der Waals surface area contributed by atoms with Crippen LogP contribution in [-0.4, -0.2) is 23.9 Å². The molecule has 0 atom stereocenters. The number of hydrogen-bond donors (Lipinski definition) is 0. The number of para-hydroxylation sites is 2. The standard InChI is InChI=1S/C51H43N5/c1-32-26-33(2)49(34(3)27-32)50-43(35-14-8-7-9-15-35)31-53-56(50)38-21-23-41-39-16-10-12-18-44(39)54(46(41)30-38)37-20-22-42-40-17-11-13-19-45(40)55(47(42)29-37)48-28-36(24-25-52-48)51(4,5)6/h7-31H,1-6H3. The highest BCUT2D eigenvalue weighted by Crippen LogP contribution is 2.41. The topological polar surface area (TPSA) is 40.6 Å². The Morgan fingerprint density at radius 1 is 0.518 bits per heavy atom. The van der Waals surface area contributed by atoms with E-state index in [1.165, 1.54) is 49.4 Å². The van der Waals surface area contributed by atoms with Crippen LogP contribution < -0.4 is 0 Å². The smallest absolute Gasteiger partial charge is 0.137 e. The minimum absolute atomic E-state index is 0.00453. The minimum Gasteiger partial charge on any atom is -0.309 e. The van der Waals surface area contributed by atoms with Gasteiger partial charge in [0.1, 0.15) is 5.82 Å². The van der Waals surface area contributed by atoms with E-state index in [1.807, 2.05) is 12.4 Å². The van der Waals surface area contributed by atoms with Gasteiger partial charge in [0.05, 0.1) is 39.6 Å². The third-order valence-corrected chi connectivity index (χ3v) is 11.4. The second-order valence-electron chi connectivity index (χ2n) is 16.2. The lowest BCUT2D eigenvalue weighted by Crippen LogP contribution is -2.12. The van der Waals surface area contributed by atoms with Gasteiger partial charge in [0.2, 0.25) is 0 Å². The fourth-order valence-corrected chi connectivity index (χ4v) is 8.89. The van der Waals surface area contributed by atoms with Crippen LogP contribution in [0.1, 0.15) is 43.0 Å². The molecule has 0 aliphatic carbocycles. The predicted octanol–water partition coefficient (Wildman–Crippen LogP) is 13.0. The fraction of sp³-hybridized carbons (Fsp3) is 0.137. The maximum atomic E-state index is 5.14. The zero-order chi connectivity index (χ0) is 38.3. The molecule has 0 aliphatic rings. The van der Waals surface area contributed by atoms with Crippen LogP contribution in [0, 0.1) is 20.8 Å². The maximum absolute atomic E-state index is 5.14. The first-order valence-corrected chi connectivity index (χ1v) is 19.4. The highest BCUT2D eigenvalue weighted by atomic mass is 15.3. The van der Waals surface area contributed by atoms with E-state index >= 15 is 0 Å². The average molecular weight is 726 g/mol. The number of rotatable bonds is 5. The Labute approximate surface area is 327 Å². The summed E-state index contributed by atoms with van der Waals surface area (Å²) in [7, 11) is 0. The van der Waals surface area contributed by atoms with Crippen LogP contribution >= 0.6 is 0 Å². The number of aryl methyl sites for hydroxylation is 3. The molecule has 272 valence electrons. The molecule has 10 rings (SSSR count). The van der Waals surface area contributed by atoms with Crippen molar-refractivity contribution in [1.29, 1.82) is 0 Å². The van der Waals surface area contributed by atoms with Crippen LogP contribution in [0.25, 0.3) is 83.2 Å². The summed E-state index contributed by atoms with van der Waals surface area (Å²) in [4.78, 5) is 4.95. The van der Waals surface area contributed by atoms with E-state index in [4.69, 9.17) is 10.1 Å². The Bertz CT molecular complexity index is 3130. The third-order valence-electron chi connectivity index (χ3n) is 11.4. The quantitative estimate of drug-likeness (QED) is 0.177. The summed E-state index contributed by atoms with van der Waals surface area (Å²) in [6.07, 6.45) is 3.97. The van der Waals surface area contributed by atoms with Gasteiger partial charge in [-0.05, 0) is 97.0 Å². The zero-order valence-corrected chi connectivity index (χ0v) is 32.7. The van der Waals surface area contributed by atoms with Crippen molar-refractivity contribution in [2.24, 2.45) is 0 Å². The van der Waals surface area contributed by atoms with Crippen LogP contribution in [0.2, 0.25) is 0 Å². The van der Waals surface area contributed by atoms with E-state index in [0.717, 1.165) is 56.1 Å². The van der Waals surface area contributed by atoms with Crippen LogP contribution in [-0.2, 0) is 5.41 Å². The van der Waals surface area contributed by atoms with Gasteiger partial charge in [-0.3, -0.25) is 4.57 Å². The molecular formula is C51H43N5. The molecule has 0 spiro atoms. The molecule has 5 heteroatoms. The molecule has 0 fully saturated rings. The first kappa shape index (κ1) is 33.8. The van der Waals surface area contributed by atoms with E-state index in [0.29, 0.717) is 0 Å². The van der Waals surface area contributed by atoms with Gasteiger partial charge in [0, 0.05) is 44.6 Å². The second kappa shape index (κ2) is 12.7. The van der Waals surface area contributed by atoms with Crippen molar-refractivity contribution in [3.8, 4) is 39.6 Å². The highest BCUT2D eigenvalue weighted by molar-refractivity contribution is 6.12. The van der Waals surface area contributed by atoms with Crippen molar-refractivity contribution < 1.29 is 0 Å². The van der Waals surface area contributed by atoms with Crippen molar-refractivity contribution in [3.05, 3.63) is 174 Å². The van der Waals surface area contributed by atoms with Gasteiger partial charge in [-0.1, -0.05) is 117 Å². The molecule has 0 amide bonds. The van der Waals surface area contributed by atoms with Crippen molar-refractivity contribution in [3.63, 3.8) is 0 Å². The van der Waals surface area contributed by atoms with E-state index in [9.17, 15) is 0 Å². The molecule has 0 N–H and O–H groups in total. The van der Waals surface area contributed by atoms with E-state index in [2.05, 4.69) is 195 Å². The lowest BCUT2D eigenvalue weighted by Gasteiger charge is -2.20. The number of hydrogen-bond acceptors (Lipinski definition) is 2. The molecule has 0 bridgehead atoms. The Morgan fingerprint density at radius 2 is 1.09 bits per heavy atom. The molecule has 4 heterocycles. The number of pyridine rings is 1. The van der Waals surface area contributed by atoms with Gasteiger partial charge in [-0.15, -0.1) is 0 Å². The highest BCUT2D eigenvalue weighted by Gasteiger charge is 2.23. The molecule has 4 aromatic heterocycles. The number of benzene rings is 6. The normalized spacial score (nSPS) is 12.1. The monoisotopic (exact) mass is 725 g/mol. The molecule has 0 saturated heterocycles. The molecule has 5 nitrogen and oxygen atoms in total. The first-order valence-electron chi connectivity index (χ1n) is 19.4. The second-order valence-corrected chi connectivity index (χ2v) is 16.2. The lowest BCUT2D eigenvalue weighted by atomic mass is 9.88. The summed E-state index contributed by atoms with van der Waals surface area (Å²) in [6.45, 7) is 13.4. The fourth-order valence-electron chi connectivity index (χ4n) is 8.89. The summed E-state index contributed by atoms with van der Waals surface area (Å²) in [5.41, 5.74) is 16.2.